The highest BCUT2D eigenvalue weighted by molar-refractivity contribution is 5.41. The molecule has 0 amide bonds. The molecule has 0 saturated heterocycles. The van der Waals surface area contributed by atoms with Gasteiger partial charge in [0, 0.05) is 25.3 Å². The summed E-state index contributed by atoms with van der Waals surface area (Å²) in [6, 6.07) is 8.15. The van der Waals surface area contributed by atoms with Gasteiger partial charge < -0.3 is 10.8 Å². The van der Waals surface area contributed by atoms with E-state index in [1.165, 1.54) is 5.56 Å². The summed E-state index contributed by atoms with van der Waals surface area (Å²) in [5.41, 5.74) is 7.68. The molecule has 98 valence electrons. The Morgan fingerprint density at radius 3 is 2.78 bits per heavy atom. The third kappa shape index (κ3) is 4.89. The summed E-state index contributed by atoms with van der Waals surface area (Å²) in [5, 5.41) is 8.88. The van der Waals surface area contributed by atoms with E-state index in [-0.39, 0.29) is 6.61 Å². The molecule has 1 rings (SSSR count). The second-order valence-corrected chi connectivity index (χ2v) is 4.11. The molecule has 0 aliphatic rings. The molecular formula is C15H22N2O. The highest BCUT2D eigenvalue weighted by Crippen LogP contribution is 2.11. The van der Waals surface area contributed by atoms with Crippen LogP contribution in [-0.2, 0) is 6.54 Å². The van der Waals surface area contributed by atoms with Crippen molar-refractivity contribution in [3.8, 4) is 11.8 Å². The van der Waals surface area contributed by atoms with Crippen molar-refractivity contribution >= 4 is 0 Å². The van der Waals surface area contributed by atoms with Gasteiger partial charge in [0.05, 0.1) is 6.54 Å². The van der Waals surface area contributed by atoms with Crippen LogP contribution in [0.3, 0.4) is 0 Å². The molecule has 0 aromatic heterocycles. The predicted molar refractivity (Wildman–Crippen MR) is 75.0 cm³/mol. The Morgan fingerprint density at radius 2 is 2.11 bits per heavy atom. The third-order valence-electron chi connectivity index (χ3n) is 2.82. The molecule has 0 aliphatic heterocycles. The van der Waals surface area contributed by atoms with Gasteiger partial charge in [0.25, 0.3) is 0 Å². The van der Waals surface area contributed by atoms with Crippen molar-refractivity contribution in [2.24, 2.45) is 5.73 Å². The summed E-state index contributed by atoms with van der Waals surface area (Å²) in [6.07, 6.45) is 0.810. The Hall–Kier alpha value is -1.34. The molecule has 0 heterocycles. The molecule has 1 aromatic carbocycles. The molecule has 18 heavy (non-hydrogen) atoms. The summed E-state index contributed by atoms with van der Waals surface area (Å²) in [4.78, 5) is 2.30. The van der Waals surface area contributed by atoms with E-state index >= 15 is 0 Å². The molecular weight excluding hydrogens is 224 g/mol. The molecule has 0 saturated carbocycles. The number of nitrogens with zero attached hydrogens (tertiary/aromatic N) is 1. The van der Waals surface area contributed by atoms with Crippen molar-refractivity contribution < 1.29 is 5.11 Å². The first kappa shape index (κ1) is 14.7. The lowest BCUT2D eigenvalue weighted by Gasteiger charge is -2.20. The Kier molecular flexibility index (Phi) is 7.12. The lowest BCUT2D eigenvalue weighted by Crippen LogP contribution is -2.25. The zero-order valence-electron chi connectivity index (χ0n) is 11.0. The van der Waals surface area contributed by atoms with Crippen LogP contribution in [0.25, 0.3) is 0 Å². The number of aliphatic hydroxyl groups excluding tert-OH is 1. The lowest BCUT2D eigenvalue weighted by atomic mass is 10.1. The van der Waals surface area contributed by atoms with Crippen LogP contribution in [0.5, 0.6) is 0 Å². The van der Waals surface area contributed by atoms with Crippen molar-refractivity contribution in [2.45, 2.75) is 19.9 Å². The number of nitrogens with two attached hydrogens (primary N) is 1. The first-order valence-corrected chi connectivity index (χ1v) is 6.41. The van der Waals surface area contributed by atoms with E-state index in [0.717, 1.165) is 31.6 Å². The molecule has 0 unspecified atom stereocenters. The highest BCUT2D eigenvalue weighted by atomic mass is 16.3. The van der Waals surface area contributed by atoms with E-state index in [9.17, 15) is 0 Å². The molecule has 3 nitrogen and oxygen atoms in total. The Morgan fingerprint density at radius 1 is 1.33 bits per heavy atom. The van der Waals surface area contributed by atoms with Crippen LogP contribution in [0.2, 0.25) is 0 Å². The smallest absolute Gasteiger partial charge is 0.0555 e. The van der Waals surface area contributed by atoms with Crippen LogP contribution in [0.4, 0.5) is 0 Å². The second kappa shape index (κ2) is 8.71. The van der Waals surface area contributed by atoms with E-state index in [1.807, 2.05) is 18.2 Å². The zero-order chi connectivity index (χ0) is 13.2. The predicted octanol–water partition coefficient (Wildman–Crippen LogP) is 1.20. The van der Waals surface area contributed by atoms with Gasteiger partial charge in [-0.2, -0.15) is 0 Å². The topological polar surface area (TPSA) is 49.5 Å². The van der Waals surface area contributed by atoms with E-state index < -0.39 is 0 Å². The van der Waals surface area contributed by atoms with Crippen LogP contribution < -0.4 is 5.73 Å². The molecule has 0 spiro atoms. The molecule has 0 fully saturated rings. The molecule has 3 heteroatoms. The number of hydrogen-bond acceptors (Lipinski definition) is 3. The zero-order valence-corrected chi connectivity index (χ0v) is 11.0. The average molecular weight is 246 g/mol. The van der Waals surface area contributed by atoms with Gasteiger partial charge in [-0.1, -0.05) is 37.0 Å². The van der Waals surface area contributed by atoms with E-state index in [0.29, 0.717) is 6.54 Å². The maximum absolute atomic E-state index is 8.88. The summed E-state index contributed by atoms with van der Waals surface area (Å²) < 4.78 is 0. The number of rotatable bonds is 6. The fourth-order valence-electron chi connectivity index (χ4n) is 1.81. The summed E-state index contributed by atoms with van der Waals surface area (Å²) in [6.45, 7) is 5.50. The third-order valence-corrected chi connectivity index (χ3v) is 2.82. The first-order chi connectivity index (χ1) is 8.81. The standard InChI is InChI=1S/C15H22N2O/c1-2-17(11-6-12-18)13-15-8-4-3-7-14(15)9-5-10-16/h3-4,7-8,18H,2,6,10-13,16H2,1H3. The Labute approximate surface area is 110 Å². The maximum atomic E-state index is 8.88. The number of benzene rings is 1. The van der Waals surface area contributed by atoms with E-state index in [1.54, 1.807) is 0 Å². The van der Waals surface area contributed by atoms with Crippen molar-refractivity contribution in [3.63, 3.8) is 0 Å². The normalized spacial score (nSPS) is 10.2. The van der Waals surface area contributed by atoms with Crippen LogP contribution in [0.1, 0.15) is 24.5 Å². The second-order valence-electron chi connectivity index (χ2n) is 4.11. The van der Waals surface area contributed by atoms with Gasteiger partial charge in [0.15, 0.2) is 0 Å². The minimum atomic E-state index is 0.241. The van der Waals surface area contributed by atoms with E-state index in [4.69, 9.17) is 10.8 Å². The minimum absolute atomic E-state index is 0.241. The molecule has 0 atom stereocenters. The van der Waals surface area contributed by atoms with Crippen molar-refractivity contribution in [1.29, 1.82) is 0 Å². The average Bonchev–Trinajstić information content (AvgIpc) is 2.42. The lowest BCUT2D eigenvalue weighted by molar-refractivity contribution is 0.225. The van der Waals surface area contributed by atoms with Crippen molar-refractivity contribution in [1.82, 2.24) is 4.90 Å². The summed E-state index contributed by atoms with van der Waals surface area (Å²) in [5.74, 6) is 6.01. The van der Waals surface area contributed by atoms with Crippen LogP contribution in [0.15, 0.2) is 24.3 Å². The largest absolute Gasteiger partial charge is 0.396 e. The van der Waals surface area contributed by atoms with Crippen LogP contribution in [0, 0.1) is 11.8 Å². The van der Waals surface area contributed by atoms with Crippen LogP contribution in [-0.4, -0.2) is 36.2 Å². The Balaban J connectivity index is 2.75. The highest BCUT2D eigenvalue weighted by Gasteiger charge is 2.05. The maximum Gasteiger partial charge on any atom is 0.0555 e. The molecule has 0 bridgehead atoms. The van der Waals surface area contributed by atoms with Gasteiger partial charge in [0.1, 0.15) is 0 Å². The van der Waals surface area contributed by atoms with Gasteiger partial charge in [0.2, 0.25) is 0 Å². The van der Waals surface area contributed by atoms with Gasteiger partial charge in [-0.15, -0.1) is 0 Å². The number of aliphatic hydroxyl groups is 1. The minimum Gasteiger partial charge on any atom is -0.396 e. The van der Waals surface area contributed by atoms with Gasteiger partial charge in [-0.3, -0.25) is 4.90 Å². The monoisotopic (exact) mass is 246 g/mol. The molecule has 0 aliphatic carbocycles. The van der Waals surface area contributed by atoms with Gasteiger partial charge in [-0.25, -0.2) is 0 Å². The van der Waals surface area contributed by atoms with Crippen molar-refractivity contribution in [3.05, 3.63) is 35.4 Å². The Bertz CT molecular complexity index is 406. The fourth-order valence-corrected chi connectivity index (χ4v) is 1.81. The van der Waals surface area contributed by atoms with Crippen LogP contribution >= 0.6 is 0 Å². The molecule has 3 N–H and O–H groups in total. The van der Waals surface area contributed by atoms with Gasteiger partial charge >= 0.3 is 0 Å². The molecule has 0 radical (unpaired) electrons. The van der Waals surface area contributed by atoms with Gasteiger partial charge in [-0.05, 0) is 24.6 Å². The number of hydrogen-bond donors (Lipinski definition) is 2. The van der Waals surface area contributed by atoms with E-state index in [2.05, 4.69) is 29.7 Å². The van der Waals surface area contributed by atoms with Crippen molar-refractivity contribution in [2.75, 3.05) is 26.2 Å². The summed E-state index contributed by atoms with van der Waals surface area (Å²) >= 11 is 0. The molecule has 1 aromatic rings. The SMILES string of the molecule is CCN(CCCO)Cc1ccccc1C#CCN. The first-order valence-electron chi connectivity index (χ1n) is 6.41. The summed E-state index contributed by atoms with van der Waals surface area (Å²) in [7, 11) is 0. The fraction of sp³-hybridized carbons (Fsp3) is 0.467. The quantitative estimate of drug-likeness (QED) is 0.742.